The van der Waals surface area contributed by atoms with Crippen molar-refractivity contribution in [2.24, 2.45) is 0 Å². The average molecular weight is 297 g/mol. The summed E-state index contributed by atoms with van der Waals surface area (Å²) < 4.78 is 0. The maximum absolute atomic E-state index is 4.85. The second kappa shape index (κ2) is 5.85. The van der Waals surface area contributed by atoms with Crippen molar-refractivity contribution < 1.29 is 0 Å². The summed E-state index contributed by atoms with van der Waals surface area (Å²) in [4.78, 5) is 4.85. The number of fused-ring (bicyclic) bond motifs is 2. The van der Waals surface area contributed by atoms with Crippen molar-refractivity contribution in [1.29, 1.82) is 0 Å². The molecule has 0 aliphatic heterocycles. The maximum atomic E-state index is 4.85. The number of para-hydroxylation sites is 2. The van der Waals surface area contributed by atoms with Crippen molar-refractivity contribution in [3.8, 4) is 0 Å². The highest BCUT2D eigenvalue weighted by Crippen LogP contribution is 2.37. The second-order valence-electron chi connectivity index (χ2n) is 5.93. The van der Waals surface area contributed by atoms with Gasteiger partial charge in [0.05, 0.1) is 11.0 Å². The molecule has 112 valence electrons. The van der Waals surface area contributed by atoms with Gasteiger partial charge in [0, 0.05) is 16.7 Å². The van der Waals surface area contributed by atoms with Crippen LogP contribution in [0.4, 0.5) is 0 Å². The summed E-state index contributed by atoms with van der Waals surface area (Å²) in [7, 11) is 0. The number of pyridine rings is 1. The lowest BCUT2D eigenvalue weighted by Gasteiger charge is -2.20. The Kier molecular flexibility index (Phi) is 3.55. The van der Waals surface area contributed by atoms with Crippen molar-refractivity contribution in [2.75, 3.05) is 0 Å². The van der Waals surface area contributed by atoms with E-state index in [-0.39, 0.29) is 0 Å². The van der Waals surface area contributed by atoms with E-state index < -0.39 is 0 Å². The SMILES string of the molecule is CCC(c1ccccc1)c1c2ccccc2nc2ccccc12. The third-order valence-electron chi connectivity index (χ3n) is 4.59. The summed E-state index contributed by atoms with van der Waals surface area (Å²) >= 11 is 0. The first-order valence-electron chi connectivity index (χ1n) is 8.21. The molecule has 0 spiro atoms. The van der Waals surface area contributed by atoms with E-state index in [9.17, 15) is 0 Å². The summed E-state index contributed by atoms with van der Waals surface area (Å²) in [5, 5.41) is 2.53. The van der Waals surface area contributed by atoms with Gasteiger partial charge in [0.25, 0.3) is 0 Å². The van der Waals surface area contributed by atoms with Gasteiger partial charge in [0.2, 0.25) is 0 Å². The van der Waals surface area contributed by atoms with E-state index in [1.807, 2.05) is 0 Å². The van der Waals surface area contributed by atoms with Crippen LogP contribution in [0.1, 0.15) is 30.4 Å². The zero-order valence-electron chi connectivity index (χ0n) is 13.2. The summed E-state index contributed by atoms with van der Waals surface area (Å²) in [5.41, 5.74) is 4.93. The number of aromatic nitrogens is 1. The Morgan fingerprint density at radius 2 is 1.22 bits per heavy atom. The zero-order chi connectivity index (χ0) is 15.6. The predicted octanol–water partition coefficient (Wildman–Crippen LogP) is 5.93. The Hall–Kier alpha value is -2.67. The second-order valence-corrected chi connectivity index (χ2v) is 5.93. The molecule has 0 N–H and O–H groups in total. The lowest BCUT2D eigenvalue weighted by molar-refractivity contribution is 0.789. The minimum absolute atomic E-state index is 0.383. The fraction of sp³-hybridized carbons (Fsp3) is 0.136. The van der Waals surface area contributed by atoms with Gasteiger partial charge in [-0.2, -0.15) is 0 Å². The van der Waals surface area contributed by atoms with Gasteiger partial charge in [-0.05, 0) is 29.7 Å². The Morgan fingerprint density at radius 1 is 0.696 bits per heavy atom. The first kappa shape index (κ1) is 14.0. The summed E-state index contributed by atoms with van der Waals surface area (Å²) in [6.07, 6.45) is 1.07. The molecule has 1 heterocycles. The maximum Gasteiger partial charge on any atom is 0.0712 e. The molecule has 0 fully saturated rings. The van der Waals surface area contributed by atoms with E-state index in [4.69, 9.17) is 4.98 Å². The van der Waals surface area contributed by atoms with E-state index >= 15 is 0 Å². The molecule has 1 nitrogen and oxygen atoms in total. The van der Waals surface area contributed by atoms with Crippen LogP contribution in [0.25, 0.3) is 21.8 Å². The minimum atomic E-state index is 0.383. The van der Waals surface area contributed by atoms with Crippen molar-refractivity contribution >= 4 is 21.8 Å². The van der Waals surface area contributed by atoms with Gasteiger partial charge in [-0.15, -0.1) is 0 Å². The molecule has 0 bridgehead atoms. The largest absolute Gasteiger partial charge is 0.248 e. The van der Waals surface area contributed by atoms with E-state index in [1.165, 1.54) is 21.9 Å². The monoisotopic (exact) mass is 297 g/mol. The van der Waals surface area contributed by atoms with Crippen LogP contribution in [0.5, 0.6) is 0 Å². The van der Waals surface area contributed by atoms with Crippen LogP contribution in [0.2, 0.25) is 0 Å². The van der Waals surface area contributed by atoms with Gasteiger partial charge in [-0.25, -0.2) is 4.98 Å². The average Bonchev–Trinajstić information content (AvgIpc) is 2.62. The molecule has 0 radical (unpaired) electrons. The molecular weight excluding hydrogens is 278 g/mol. The van der Waals surface area contributed by atoms with Crippen LogP contribution in [-0.4, -0.2) is 4.98 Å². The minimum Gasteiger partial charge on any atom is -0.248 e. The van der Waals surface area contributed by atoms with Crippen LogP contribution in [0.3, 0.4) is 0 Å². The highest BCUT2D eigenvalue weighted by molar-refractivity contribution is 5.98. The zero-order valence-corrected chi connectivity index (χ0v) is 13.2. The van der Waals surface area contributed by atoms with E-state index in [2.05, 4.69) is 85.8 Å². The Balaban J connectivity index is 2.10. The highest BCUT2D eigenvalue weighted by Gasteiger charge is 2.18. The number of benzene rings is 3. The number of rotatable bonds is 3. The molecular formula is C22H19N. The molecule has 0 saturated heterocycles. The smallest absolute Gasteiger partial charge is 0.0712 e. The molecule has 1 unspecified atom stereocenters. The first-order chi connectivity index (χ1) is 11.4. The fourth-order valence-corrected chi connectivity index (χ4v) is 3.54. The van der Waals surface area contributed by atoms with Gasteiger partial charge in [0.15, 0.2) is 0 Å². The molecule has 1 heteroatoms. The van der Waals surface area contributed by atoms with Crippen LogP contribution in [-0.2, 0) is 0 Å². The van der Waals surface area contributed by atoms with Crippen molar-refractivity contribution in [1.82, 2.24) is 4.98 Å². The highest BCUT2D eigenvalue weighted by atomic mass is 14.7. The topological polar surface area (TPSA) is 12.9 Å². The predicted molar refractivity (Wildman–Crippen MR) is 97.8 cm³/mol. The van der Waals surface area contributed by atoms with E-state index in [0.717, 1.165) is 17.5 Å². The lowest BCUT2D eigenvalue weighted by Crippen LogP contribution is -2.03. The molecule has 0 aliphatic rings. The Labute approximate surface area is 136 Å². The first-order valence-corrected chi connectivity index (χ1v) is 8.21. The molecule has 0 aliphatic carbocycles. The van der Waals surface area contributed by atoms with Gasteiger partial charge in [-0.1, -0.05) is 73.7 Å². The molecule has 4 rings (SSSR count). The Bertz CT molecular complexity index is 903. The number of hydrogen-bond donors (Lipinski definition) is 0. The van der Waals surface area contributed by atoms with Crippen molar-refractivity contribution in [2.45, 2.75) is 19.3 Å². The molecule has 0 saturated carbocycles. The van der Waals surface area contributed by atoms with Gasteiger partial charge in [0.1, 0.15) is 0 Å². The molecule has 4 aromatic rings. The lowest BCUT2D eigenvalue weighted by atomic mass is 9.84. The fourth-order valence-electron chi connectivity index (χ4n) is 3.54. The van der Waals surface area contributed by atoms with Crippen LogP contribution < -0.4 is 0 Å². The summed E-state index contributed by atoms with van der Waals surface area (Å²) in [6, 6.07) is 27.8. The third kappa shape index (κ3) is 2.39. The van der Waals surface area contributed by atoms with Crippen LogP contribution in [0, 0.1) is 0 Å². The summed E-state index contributed by atoms with van der Waals surface area (Å²) in [6.45, 7) is 2.27. The van der Waals surface area contributed by atoms with Gasteiger partial charge < -0.3 is 0 Å². The number of nitrogens with zero attached hydrogens (tertiary/aromatic N) is 1. The van der Waals surface area contributed by atoms with Crippen molar-refractivity contribution in [3.63, 3.8) is 0 Å². The quantitative estimate of drug-likeness (QED) is 0.427. The van der Waals surface area contributed by atoms with Crippen molar-refractivity contribution in [3.05, 3.63) is 90.0 Å². The van der Waals surface area contributed by atoms with Gasteiger partial charge >= 0.3 is 0 Å². The molecule has 1 atom stereocenters. The van der Waals surface area contributed by atoms with Crippen LogP contribution in [0.15, 0.2) is 78.9 Å². The van der Waals surface area contributed by atoms with Crippen LogP contribution >= 0.6 is 0 Å². The molecule has 0 amide bonds. The molecule has 23 heavy (non-hydrogen) atoms. The Morgan fingerprint density at radius 3 is 1.78 bits per heavy atom. The van der Waals surface area contributed by atoms with Gasteiger partial charge in [-0.3, -0.25) is 0 Å². The van der Waals surface area contributed by atoms with E-state index in [0.29, 0.717) is 5.92 Å². The standard InChI is InChI=1S/C22H19N/c1-2-17(16-10-4-3-5-11-16)22-18-12-6-8-14-20(18)23-21-15-9-7-13-19(21)22/h3-15,17H,2H2,1H3. The normalized spacial score (nSPS) is 12.6. The number of hydrogen-bond acceptors (Lipinski definition) is 1. The molecule has 3 aromatic carbocycles. The third-order valence-corrected chi connectivity index (χ3v) is 4.59. The summed E-state index contributed by atoms with van der Waals surface area (Å²) in [5.74, 6) is 0.383. The molecule has 1 aromatic heterocycles. The van der Waals surface area contributed by atoms with E-state index in [1.54, 1.807) is 0 Å².